The van der Waals surface area contributed by atoms with Gasteiger partial charge in [-0.2, -0.15) is 9.97 Å². The van der Waals surface area contributed by atoms with E-state index in [9.17, 15) is 4.79 Å². The van der Waals surface area contributed by atoms with E-state index >= 15 is 0 Å². The predicted octanol–water partition coefficient (Wildman–Crippen LogP) is 5.33. The molecular formula is C32H30ClN5O5. The monoisotopic (exact) mass is 599 g/mol. The molecule has 1 aliphatic rings. The Morgan fingerprint density at radius 2 is 1.40 bits per heavy atom. The fraction of sp³-hybridized carbons (Fsp3) is 0.250. The van der Waals surface area contributed by atoms with Gasteiger partial charge in [0.05, 0.1) is 32.8 Å². The van der Waals surface area contributed by atoms with Crippen LogP contribution in [0.25, 0.3) is 11.2 Å². The molecule has 0 saturated carbocycles. The first-order valence-electron chi connectivity index (χ1n) is 13.9. The van der Waals surface area contributed by atoms with Gasteiger partial charge in [-0.15, -0.1) is 0 Å². The number of anilines is 1. The number of aromatic nitrogens is 4. The smallest absolute Gasteiger partial charge is 0.232 e. The van der Waals surface area contributed by atoms with E-state index in [1.54, 1.807) is 10.9 Å². The Morgan fingerprint density at radius 1 is 0.814 bits per heavy atom. The molecule has 0 unspecified atom stereocenters. The van der Waals surface area contributed by atoms with Crippen molar-refractivity contribution >= 4 is 35.1 Å². The summed E-state index contributed by atoms with van der Waals surface area (Å²) in [5.41, 5.74) is 3.83. The lowest BCUT2D eigenvalue weighted by atomic mass is 10.1. The maximum atomic E-state index is 11.1. The molecule has 1 N–H and O–H groups in total. The number of carbonyl (C=O) groups excluding carboxylic acids is 1. The Labute approximate surface area is 253 Å². The van der Waals surface area contributed by atoms with Crippen LogP contribution >= 0.6 is 11.6 Å². The average Bonchev–Trinajstić information content (AvgIpc) is 3.62. The number of rotatable bonds is 13. The van der Waals surface area contributed by atoms with Crippen LogP contribution in [0.15, 0.2) is 97.3 Å². The molecule has 3 heterocycles. The number of hydrogen-bond donors (Lipinski definition) is 1. The van der Waals surface area contributed by atoms with Crippen LogP contribution in [0, 0.1) is 0 Å². The molecule has 43 heavy (non-hydrogen) atoms. The molecule has 1 fully saturated rings. The van der Waals surface area contributed by atoms with E-state index in [0.717, 1.165) is 16.7 Å². The maximum Gasteiger partial charge on any atom is 0.232 e. The fourth-order valence-electron chi connectivity index (χ4n) is 5.03. The number of nitrogens with one attached hydrogen (secondary N) is 1. The second-order valence-corrected chi connectivity index (χ2v) is 10.4. The number of hydrogen-bond acceptors (Lipinski definition) is 8. The van der Waals surface area contributed by atoms with Crippen molar-refractivity contribution in [1.29, 1.82) is 0 Å². The van der Waals surface area contributed by atoms with Gasteiger partial charge in [0, 0.05) is 0 Å². The van der Waals surface area contributed by atoms with Gasteiger partial charge in [0.2, 0.25) is 12.4 Å². The van der Waals surface area contributed by atoms with Crippen LogP contribution in [0.2, 0.25) is 5.15 Å². The summed E-state index contributed by atoms with van der Waals surface area (Å²) in [5, 5.41) is 2.56. The molecule has 4 atom stereocenters. The average molecular weight is 600 g/mol. The van der Waals surface area contributed by atoms with E-state index in [2.05, 4.69) is 20.3 Å². The summed E-state index contributed by atoms with van der Waals surface area (Å²) >= 11 is 6.40. The summed E-state index contributed by atoms with van der Waals surface area (Å²) in [4.78, 5) is 24.2. The van der Waals surface area contributed by atoms with Crippen molar-refractivity contribution in [3.8, 4) is 0 Å². The minimum absolute atomic E-state index is 0.0497. The van der Waals surface area contributed by atoms with Crippen LogP contribution in [-0.2, 0) is 43.6 Å². The van der Waals surface area contributed by atoms with Crippen molar-refractivity contribution in [2.24, 2.45) is 0 Å². The topological polar surface area (TPSA) is 110 Å². The Bertz CT molecular complexity index is 1620. The molecule has 0 bridgehead atoms. The molecule has 0 spiro atoms. The van der Waals surface area contributed by atoms with E-state index in [1.165, 1.54) is 0 Å². The lowest BCUT2D eigenvalue weighted by Gasteiger charge is -2.25. The molecule has 11 heteroatoms. The Hall–Kier alpha value is -4.19. The highest BCUT2D eigenvalue weighted by atomic mass is 35.5. The Kier molecular flexibility index (Phi) is 9.31. The van der Waals surface area contributed by atoms with Crippen molar-refractivity contribution in [3.05, 3.63) is 119 Å². The lowest BCUT2D eigenvalue weighted by Crippen LogP contribution is -2.38. The Balaban J connectivity index is 1.33. The van der Waals surface area contributed by atoms with Crippen molar-refractivity contribution in [2.45, 2.75) is 44.4 Å². The maximum absolute atomic E-state index is 11.1. The van der Waals surface area contributed by atoms with Gasteiger partial charge in [-0.3, -0.25) is 14.7 Å². The first-order valence-corrected chi connectivity index (χ1v) is 14.3. The third kappa shape index (κ3) is 6.90. The summed E-state index contributed by atoms with van der Waals surface area (Å²) in [6.45, 7) is 1.36. The van der Waals surface area contributed by atoms with Crippen molar-refractivity contribution < 1.29 is 23.7 Å². The highest BCUT2D eigenvalue weighted by Gasteiger charge is 2.48. The Morgan fingerprint density at radius 3 is 2.00 bits per heavy atom. The predicted molar refractivity (Wildman–Crippen MR) is 160 cm³/mol. The molecule has 1 aliphatic heterocycles. The second kappa shape index (κ2) is 13.9. The highest BCUT2D eigenvalue weighted by molar-refractivity contribution is 6.33. The van der Waals surface area contributed by atoms with Crippen LogP contribution in [0.5, 0.6) is 0 Å². The number of nitrogens with zero attached hydrogens (tertiary/aromatic N) is 4. The van der Waals surface area contributed by atoms with Crippen LogP contribution in [0.3, 0.4) is 0 Å². The van der Waals surface area contributed by atoms with Crippen LogP contribution < -0.4 is 5.32 Å². The summed E-state index contributed by atoms with van der Waals surface area (Å²) < 4.78 is 27.7. The summed E-state index contributed by atoms with van der Waals surface area (Å²) in [6.07, 6.45) is -0.199. The molecule has 3 aromatic carbocycles. The van der Waals surface area contributed by atoms with Gasteiger partial charge >= 0.3 is 0 Å². The third-order valence-electron chi connectivity index (χ3n) is 7.09. The number of benzene rings is 3. The van der Waals surface area contributed by atoms with Crippen molar-refractivity contribution in [2.75, 3.05) is 11.9 Å². The van der Waals surface area contributed by atoms with Gasteiger partial charge in [-0.25, -0.2) is 4.98 Å². The summed E-state index contributed by atoms with van der Waals surface area (Å²) in [5.74, 6) is 0.0497. The van der Waals surface area contributed by atoms with Crippen molar-refractivity contribution in [1.82, 2.24) is 19.5 Å². The first kappa shape index (κ1) is 28.9. The second-order valence-electron chi connectivity index (χ2n) is 10.0. The number of fused-ring (bicyclic) bond motifs is 1. The zero-order chi connectivity index (χ0) is 29.4. The van der Waals surface area contributed by atoms with Gasteiger partial charge in [-0.1, -0.05) is 103 Å². The minimum atomic E-state index is -0.699. The first-order chi connectivity index (χ1) is 21.2. The molecular weight excluding hydrogens is 570 g/mol. The molecule has 0 aliphatic carbocycles. The number of ether oxygens (including phenoxy) is 4. The third-order valence-corrected chi connectivity index (χ3v) is 7.35. The quantitative estimate of drug-likeness (QED) is 0.143. The van der Waals surface area contributed by atoms with E-state index in [-0.39, 0.29) is 17.7 Å². The van der Waals surface area contributed by atoms with E-state index in [0.29, 0.717) is 37.4 Å². The van der Waals surface area contributed by atoms with E-state index < -0.39 is 24.5 Å². The largest absolute Gasteiger partial charge is 0.374 e. The normalized spacial score (nSPS) is 19.9. The summed E-state index contributed by atoms with van der Waals surface area (Å²) in [7, 11) is 0. The van der Waals surface area contributed by atoms with Crippen LogP contribution in [-0.4, -0.2) is 50.8 Å². The molecule has 0 radical (unpaired) electrons. The van der Waals surface area contributed by atoms with Crippen molar-refractivity contribution in [3.63, 3.8) is 0 Å². The fourth-order valence-corrected chi connectivity index (χ4v) is 5.24. The zero-order valence-electron chi connectivity index (χ0n) is 23.2. The minimum Gasteiger partial charge on any atom is -0.374 e. The van der Waals surface area contributed by atoms with Gasteiger partial charge < -0.3 is 18.9 Å². The molecule has 10 nitrogen and oxygen atoms in total. The standard InChI is InChI=1S/C32H30ClN5O5/c33-29-26-30(37-32(36-29)35-21-39)38(20-34-26)31-28(42-18-24-14-8-3-9-15-24)27(41-17-23-12-6-2-7-13-23)25(43-31)19-40-16-22-10-4-1-5-11-22/h1-15,20-21,25,27-28,31H,16-19H2,(H,35,36,37,39)/t25-,27-,28-,31+/m0/s1. The van der Waals surface area contributed by atoms with Gasteiger partial charge in [-0.05, 0) is 16.7 Å². The zero-order valence-corrected chi connectivity index (χ0v) is 23.9. The number of imidazole rings is 1. The van der Waals surface area contributed by atoms with Gasteiger partial charge in [0.25, 0.3) is 0 Å². The molecule has 220 valence electrons. The molecule has 2 aromatic heterocycles. The van der Waals surface area contributed by atoms with Gasteiger partial charge in [0.1, 0.15) is 23.8 Å². The van der Waals surface area contributed by atoms with Crippen LogP contribution in [0.1, 0.15) is 22.9 Å². The summed E-state index contributed by atoms with van der Waals surface area (Å²) in [6, 6.07) is 29.8. The molecule has 1 saturated heterocycles. The number of halogens is 1. The number of amides is 1. The van der Waals surface area contributed by atoms with E-state index in [4.69, 9.17) is 30.5 Å². The van der Waals surface area contributed by atoms with Gasteiger partial charge in [0.15, 0.2) is 17.0 Å². The highest BCUT2D eigenvalue weighted by Crippen LogP contribution is 2.37. The number of carbonyl (C=O) groups is 1. The van der Waals surface area contributed by atoms with Crippen LogP contribution in [0.4, 0.5) is 5.95 Å². The molecule has 1 amide bonds. The lowest BCUT2D eigenvalue weighted by molar-refractivity contribution is -0.105. The van der Waals surface area contributed by atoms with E-state index in [1.807, 2.05) is 91.0 Å². The molecule has 5 aromatic rings. The molecule has 6 rings (SSSR count). The SMILES string of the molecule is O=CNc1nc(Cl)c2ncn([C@@H]3O[C@@H](COCc4ccccc4)[C@H](OCc4ccccc4)[C@@H]3OCc3ccccc3)c2n1.